The van der Waals surface area contributed by atoms with Gasteiger partial charge in [-0.2, -0.15) is 0 Å². The van der Waals surface area contributed by atoms with Gasteiger partial charge < -0.3 is 15.3 Å². The Morgan fingerprint density at radius 1 is 1.47 bits per heavy atom. The van der Waals surface area contributed by atoms with Crippen LogP contribution in [0.3, 0.4) is 0 Å². The van der Waals surface area contributed by atoms with Crippen molar-refractivity contribution in [2.45, 2.75) is 44.4 Å². The minimum absolute atomic E-state index is 0.550. The Bertz CT molecular complexity index is 471. The third kappa shape index (κ3) is 3.30. The van der Waals surface area contributed by atoms with E-state index in [2.05, 4.69) is 44.3 Å². The molecule has 19 heavy (non-hydrogen) atoms. The molecule has 0 radical (unpaired) electrons. The molecule has 1 saturated carbocycles. The number of nitrogens with zero attached hydrogens (tertiary/aromatic N) is 1. The first-order valence-electron chi connectivity index (χ1n) is 7.03. The summed E-state index contributed by atoms with van der Waals surface area (Å²) in [6, 6.07) is 7.28. The van der Waals surface area contributed by atoms with Crippen LogP contribution in [0.2, 0.25) is 0 Å². The molecular formula is C15H21BrN2O. The van der Waals surface area contributed by atoms with Crippen LogP contribution in [0.1, 0.15) is 31.7 Å². The lowest BCUT2D eigenvalue weighted by Gasteiger charge is -2.22. The maximum absolute atomic E-state index is 10.1. The van der Waals surface area contributed by atoms with Gasteiger partial charge in [-0.3, -0.25) is 0 Å². The lowest BCUT2D eigenvalue weighted by atomic mass is 10.1. The van der Waals surface area contributed by atoms with E-state index in [1.165, 1.54) is 24.1 Å². The van der Waals surface area contributed by atoms with Crippen LogP contribution in [0.4, 0.5) is 5.69 Å². The maximum Gasteiger partial charge on any atom is 0.0810 e. The lowest BCUT2D eigenvalue weighted by Crippen LogP contribution is -2.29. The van der Waals surface area contributed by atoms with Crippen LogP contribution >= 0.6 is 15.9 Å². The average molecular weight is 325 g/mol. The third-order valence-electron chi connectivity index (χ3n) is 3.98. The molecule has 0 amide bonds. The van der Waals surface area contributed by atoms with Gasteiger partial charge in [0.15, 0.2) is 0 Å². The Balaban J connectivity index is 1.68. The molecule has 0 spiro atoms. The van der Waals surface area contributed by atoms with Crippen molar-refractivity contribution < 1.29 is 5.11 Å². The highest BCUT2D eigenvalue weighted by Gasteiger charge is 2.32. The molecule has 1 saturated heterocycles. The molecule has 1 aromatic rings. The predicted molar refractivity (Wildman–Crippen MR) is 81.5 cm³/mol. The topological polar surface area (TPSA) is 35.5 Å². The van der Waals surface area contributed by atoms with Gasteiger partial charge in [-0.05, 0) is 59.8 Å². The Labute approximate surface area is 123 Å². The minimum atomic E-state index is -0.550. The van der Waals surface area contributed by atoms with Gasteiger partial charge in [0.2, 0.25) is 0 Å². The highest BCUT2D eigenvalue weighted by molar-refractivity contribution is 9.10. The lowest BCUT2D eigenvalue weighted by molar-refractivity contribution is 0.0839. The summed E-state index contributed by atoms with van der Waals surface area (Å²) in [6.07, 6.45) is 3.48. The fourth-order valence-corrected chi connectivity index (χ4v) is 3.29. The average Bonchev–Trinajstić information content (AvgIpc) is 3.11. The van der Waals surface area contributed by atoms with Gasteiger partial charge >= 0.3 is 0 Å². The van der Waals surface area contributed by atoms with Crippen molar-refractivity contribution in [2.24, 2.45) is 0 Å². The summed E-state index contributed by atoms with van der Waals surface area (Å²) in [7, 11) is 0. The molecule has 4 heteroatoms. The van der Waals surface area contributed by atoms with E-state index in [1.807, 2.05) is 6.92 Å². The van der Waals surface area contributed by atoms with E-state index < -0.39 is 5.60 Å². The van der Waals surface area contributed by atoms with Crippen LogP contribution in [-0.4, -0.2) is 29.8 Å². The molecule has 2 fully saturated rings. The normalized spacial score (nSPS) is 27.0. The van der Waals surface area contributed by atoms with E-state index >= 15 is 0 Å². The van der Waals surface area contributed by atoms with Gasteiger partial charge in [-0.15, -0.1) is 0 Å². The molecule has 1 aliphatic heterocycles. The molecule has 2 N–H and O–H groups in total. The van der Waals surface area contributed by atoms with E-state index in [9.17, 15) is 5.11 Å². The Morgan fingerprint density at radius 2 is 2.26 bits per heavy atom. The second-order valence-electron chi connectivity index (χ2n) is 6.11. The second-order valence-corrected chi connectivity index (χ2v) is 6.96. The molecule has 3 nitrogen and oxygen atoms in total. The number of halogens is 1. The fourth-order valence-electron chi connectivity index (χ4n) is 2.62. The summed E-state index contributed by atoms with van der Waals surface area (Å²) in [5, 5.41) is 13.6. The first-order chi connectivity index (χ1) is 9.03. The number of β-amino-alcohol motifs (C(OH)–C–C–N with tert-alkyl or cyclic N) is 1. The third-order valence-corrected chi connectivity index (χ3v) is 4.61. The summed E-state index contributed by atoms with van der Waals surface area (Å²) in [4.78, 5) is 2.25. The zero-order valence-electron chi connectivity index (χ0n) is 11.3. The number of hydrogen-bond acceptors (Lipinski definition) is 3. The predicted octanol–water partition coefficient (Wildman–Crippen LogP) is 2.66. The van der Waals surface area contributed by atoms with E-state index in [0.717, 1.165) is 30.0 Å². The van der Waals surface area contributed by atoms with Gasteiger partial charge in [0.1, 0.15) is 0 Å². The second kappa shape index (κ2) is 5.08. The molecule has 2 aliphatic rings. The zero-order valence-corrected chi connectivity index (χ0v) is 12.9. The Morgan fingerprint density at radius 3 is 2.84 bits per heavy atom. The maximum atomic E-state index is 10.1. The van der Waals surface area contributed by atoms with E-state index in [1.54, 1.807) is 0 Å². The SMILES string of the molecule is CC1(O)CCN(c2ccc(CNC3CC3)cc2Br)C1. The largest absolute Gasteiger partial charge is 0.388 e. The van der Waals surface area contributed by atoms with Gasteiger partial charge in [-0.25, -0.2) is 0 Å². The van der Waals surface area contributed by atoms with Crippen molar-refractivity contribution in [1.29, 1.82) is 0 Å². The van der Waals surface area contributed by atoms with Crippen molar-refractivity contribution in [1.82, 2.24) is 5.32 Å². The monoisotopic (exact) mass is 324 g/mol. The van der Waals surface area contributed by atoms with Crippen molar-refractivity contribution in [3.63, 3.8) is 0 Å². The molecule has 1 unspecified atom stereocenters. The van der Waals surface area contributed by atoms with Crippen molar-refractivity contribution in [2.75, 3.05) is 18.0 Å². The van der Waals surface area contributed by atoms with Crippen LogP contribution in [0.5, 0.6) is 0 Å². The smallest absolute Gasteiger partial charge is 0.0810 e. The van der Waals surface area contributed by atoms with Crippen LogP contribution in [0.25, 0.3) is 0 Å². The molecule has 0 bridgehead atoms. The molecule has 1 atom stereocenters. The molecule has 3 rings (SSSR count). The first kappa shape index (κ1) is 13.4. The van der Waals surface area contributed by atoms with Crippen LogP contribution in [0.15, 0.2) is 22.7 Å². The first-order valence-corrected chi connectivity index (χ1v) is 7.82. The zero-order chi connectivity index (χ0) is 13.5. The van der Waals surface area contributed by atoms with Gasteiger partial charge in [0.05, 0.1) is 11.3 Å². The number of nitrogens with one attached hydrogen (secondary N) is 1. The van der Waals surface area contributed by atoms with Crippen molar-refractivity contribution in [3.8, 4) is 0 Å². The summed E-state index contributed by atoms with van der Waals surface area (Å²) in [5.41, 5.74) is 1.95. The summed E-state index contributed by atoms with van der Waals surface area (Å²) in [5.74, 6) is 0. The fraction of sp³-hybridized carbons (Fsp3) is 0.600. The van der Waals surface area contributed by atoms with E-state index in [0.29, 0.717) is 6.54 Å². The number of rotatable bonds is 4. The Kier molecular flexibility index (Phi) is 3.58. The van der Waals surface area contributed by atoms with Crippen LogP contribution in [0, 0.1) is 0 Å². The molecule has 1 aromatic carbocycles. The quantitative estimate of drug-likeness (QED) is 0.893. The Hall–Kier alpha value is -0.580. The highest BCUT2D eigenvalue weighted by Crippen LogP contribution is 2.33. The summed E-state index contributed by atoms with van der Waals surface area (Å²) >= 11 is 3.67. The van der Waals surface area contributed by atoms with Gasteiger partial charge in [0.25, 0.3) is 0 Å². The summed E-state index contributed by atoms with van der Waals surface area (Å²) < 4.78 is 1.13. The van der Waals surface area contributed by atoms with Gasteiger partial charge in [-0.1, -0.05) is 6.07 Å². The van der Waals surface area contributed by atoms with Crippen molar-refractivity contribution in [3.05, 3.63) is 28.2 Å². The number of anilines is 1. The van der Waals surface area contributed by atoms with E-state index in [4.69, 9.17) is 0 Å². The van der Waals surface area contributed by atoms with Crippen LogP contribution < -0.4 is 10.2 Å². The number of hydrogen-bond donors (Lipinski definition) is 2. The minimum Gasteiger partial charge on any atom is -0.388 e. The van der Waals surface area contributed by atoms with E-state index in [-0.39, 0.29) is 0 Å². The molecule has 0 aromatic heterocycles. The van der Waals surface area contributed by atoms with Gasteiger partial charge in [0, 0.05) is 30.1 Å². The highest BCUT2D eigenvalue weighted by atomic mass is 79.9. The molecule has 1 heterocycles. The summed E-state index contributed by atoms with van der Waals surface area (Å²) in [6.45, 7) is 4.49. The standard InChI is InChI=1S/C15H21BrN2O/c1-15(19)6-7-18(10-15)14-5-2-11(8-13(14)16)9-17-12-3-4-12/h2,5,8,12,17,19H,3-4,6-7,9-10H2,1H3. The van der Waals surface area contributed by atoms with Crippen molar-refractivity contribution >= 4 is 21.6 Å². The number of aliphatic hydroxyl groups is 1. The molecular weight excluding hydrogens is 304 g/mol. The molecule has 1 aliphatic carbocycles. The molecule has 104 valence electrons. The number of benzene rings is 1. The van der Waals surface area contributed by atoms with Crippen LogP contribution in [-0.2, 0) is 6.54 Å².